The van der Waals surface area contributed by atoms with Gasteiger partial charge in [0.05, 0.1) is 0 Å². The molecule has 0 unspecified atom stereocenters. The van der Waals surface area contributed by atoms with Crippen molar-refractivity contribution in [3.8, 4) is 0 Å². The van der Waals surface area contributed by atoms with Gasteiger partial charge < -0.3 is 15.6 Å². The molecule has 0 aromatic carbocycles. The summed E-state index contributed by atoms with van der Waals surface area (Å²) in [4.78, 5) is 6.29. The summed E-state index contributed by atoms with van der Waals surface area (Å²) in [5.41, 5.74) is 6.01. The van der Waals surface area contributed by atoms with Crippen molar-refractivity contribution in [3.63, 3.8) is 0 Å². The molecule has 2 atom stereocenters. The van der Waals surface area contributed by atoms with E-state index in [4.69, 9.17) is 5.73 Å². The Bertz CT molecular complexity index is 156. The Labute approximate surface area is 74.6 Å². The van der Waals surface area contributed by atoms with Crippen LogP contribution in [0, 0.1) is 5.92 Å². The van der Waals surface area contributed by atoms with E-state index < -0.39 is 0 Å². The standard InChI is InChI=1S/C9H19N3/c1-11-5-3-9(10)8-4-6-12(2)7-8/h5,8-9H,3-4,6-7,10H2,1-2H3/t8-,9+/m1/s1. The SMILES string of the molecule is CN=CC[C@H](N)[C@@H]1CCN(C)C1. The lowest BCUT2D eigenvalue weighted by Crippen LogP contribution is -2.32. The molecule has 0 aromatic heterocycles. The second-order valence-electron chi connectivity index (χ2n) is 3.65. The molecule has 1 aliphatic heterocycles. The number of hydrogen-bond donors (Lipinski definition) is 1. The average molecular weight is 169 g/mol. The third kappa shape index (κ3) is 2.57. The van der Waals surface area contributed by atoms with Gasteiger partial charge in [-0.25, -0.2) is 0 Å². The van der Waals surface area contributed by atoms with E-state index in [0.29, 0.717) is 12.0 Å². The molecule has 12 heavy (non-hydrogen) atoms. The summed E-state index contributed by atoms with van der Waals surface area (Å²) in [6, 6.07) is 0.304. The van der Waals surface area contributed by atoms with Gasteiger partial charge in [0, 0.05) is 19.6 Å². The first-order valence-corrected chi connectivity index (χ1v) is 4.58. The lowest BCUT2D eigenvalue weighted by Gasteiger charge is -2.16. The first kappa shape index (κ1) is 9.68. The average Bonchev–Trinajstić information content (AvgIpc) is 2.47. The lowest BCUT2D eigenvalue weighted by molar-refractivity contribution is 0.372. The monoisotopic (exact) mass is 169 g/mol. The van der Waals surface area contributed by atoms with Crippen molar-refractivity contribution >= 4 is 6.21 Å². The van der Waals surface area contributed by atoms with Crippen LogP contribution >= 0.6 is 0 Å². The van der Waals surface area contributed by atoms with Gasteiger partial charge in [-0.3, -0.25) is 0 Å². The summed E-state index contributed by atoms with van der Waals surface area (Å²) in [7, 11) is 3.95. The van der Waals surface area contributed by atoms with Crippen LogP contribution in [0.4, 0.5) is 0 Å². The van der Waals surface area contributed by atoms with Crippen LogP contribution < -0.4 is 5.73 Å². The third-order valence-electron chi connectivity index (χ3n) is 2.59. The highest BCUT2D eigenvalue weighted by atomic mass is 15.1. The van der Waals surface area contributed by atoms with Gasteiger partial charge in [-0.2, -0.15) is 0 Å². The molecule has 0 spiro atoms. The molecular weight excluding hydrogens is 150 g/mol. The number of hydrogen-bond acceptors (Lipinski definition) is 3. The Balaban J connectivity index is 2.27. The quantitative estimate of drug-likeness (QED) is 0.620. The highest BCUT2D eigenvalue weighted by Crippen LogP contribution is 2.18. The minimum Gasteiger partial charge on any atom is -0.327 e. The van der Waals surface area contributed by atoms with Gasteiger partial charge in [0.1, 0.15) is 0 Å². The van der Waals surface area contributed by atoms with Gasteiger partial charge in [0.25, 0.3) is 0 Å². The van der Waals surface area contributed by atoms with Crippen LogP contribution in [0.2, 0.25) is 0 Å². The largest absolute Gasteiger partial charge is 0.327 e. The van der Waals surface area contributed by atoms with E-state index >= 15 is 0 Å². The summed E-state index contributed by atoms with van der Waals surface area (Å²) >= 11 is 0. The van der Waals surface area contributed by atoms with Crippen molar-refractivity contribution in [2.75, 3.05) is 27.2 Å². The van der Waals surface area contributed by atoms with Gasteiger partial charge in [-0.15, -0.1) is 0 Å². The van der Waals surface area contributed by atoms with E-state index in [1.165, 1.54) is 13.0 Å². The van der Waals surface area contributed by atoms with Crippen LogP contribution in [0.1, 0.15) is 12.8 Å². The van der Waals surface area contributed by atoms with Gasteiger partial charge in [-0.1, -0.05) is 0 Å². The second kappa shape index (κ2) is 4.58. The normalized spacial score (nSPS) is 28.4. The summed E-state index contributed by atoms with van der Waals surface area (Å²) in [6.07, 6.45) is 4.09. The maximum atomic E-state index is 6.01. The van der Waals surface area contributed by atoms with Gasteiger partial charge in [0.2, 0.25) is 0 Å². The van der Waals surface area contributed by atoms with E-state index in [1.54, 1.807) is 7.05 Å². The molecule has 70 valence electrons. The fourth-order valence-electron chi connectivity index (χ4n) is 1.74. The van der Waals surface area contributed by atoms with E-state index in [9.17, 15) is 0 Å². The van der Waals surface area contributed by atoms with Crippen molar-refractivity contribution in [2.45, 2.75) is 18.9 Å². The maximum Gasteiger partial charge on any atom is 0.0273 e. The Morgan fingerprint density at radius 1 is 1.75 bits per heavy atom. The molecule has 1 aliphatic rings. The fraction of sp³-hybridized carbons (Fsp3) is 0.889. The van der Waals surface area contributed by atoms with Gasteiger partial charge >= 0.3 is 0 Å². The molecule has 0 aromatic rings. The minimum absolute atomic E-state index is 0.304. The molecule has 1 heterocycles. The second-order valence-corrected chi connectivity index (χ2v) is 3.65. The van der Waals surface area contributed by atoms with E-state index in [-0.39, 0.29) is 0 Å². The van der Waals surface area contributed by atoms with Crippen molar-refractivity contribution in [1.82, 2.24) is 4.90 Å². The highest BCUT2D eigenvalue weighted by molar-refractivity contribution is 5.57. The number of nitrogens with zero attached hydrogens (tertiary/aromatic N) is 2. The predicted molar refractivity (Wildman–Crippen MR) is 52.6 cm³/mol. The molecule has 1 saturated heterocycles. The van der Waals surface area contributed by atoms with Crippen molar-refractivity contribution in [2.24, 2.45) is 16.6 Å². The topological polar surface area (TPSA) is 41.6 Å². The van der Waals surface area contributed by atoms with Gasteiger partial charge in [-0.05, 0) is 38.6 Å². The highest BCUT2D eigenvalue weighted by Gasteiger charge is 2.24. The number of aliphatic imine (C=N–C) groups is 1. The van der Waals surface area contributed by atoms with Crippen LogP contribution in [0.3, 0.4) is 0 Å². The number of likely N-dealkylation sites (tertiary alicyclic amines) is 1. The summed E-state index contributed by atoms with van der Waals surface area (Å²) < 4.78 is 0. The van der Waals surface area contributed by atoms with Gasteiger partial charge in [0.15, 0.2) is 0 Å². The van der Waals surface area contributed by atoms with E-state index in [2.05, 4.69) is 16.9 Å². The van der Waals surface area contributed by atoms with Crippen LogP contribution in [-0.2, 0) is 0 Å². The molecular formula is C9H19N3. The zero-order chi connectivity index (χ0) is 8.97. The van der Waals surface area contributed by atoms with Crippen molar-refractivity contribution in [3.05, 3.63) is 0 Å². The first-order valence-electron chi connectivity index (χ1n) is 4.58. The van der Waals surface area contributed by atoms with Crippen LogP contribution in [-0.4, -0.2) is 44.3 Å². The maximum absolute atomic E-state index is 6.01. The van der Waals surface area contributed by atoms with Crippen molar-refractivity contribution in [1.29, 1.82) is 0 Å². The molecule has 0 bridgehead atoms. The molecule has 3 heteroatoms. The minimum atomic E-state index is 0.304. The smallest absolute Gasteiger partial charge is 0.0273 e. The summed E-state index contributed by atoms with van der Waals surface area (Å²) in [5, 5.41) is 0. The Hall–Kier alpha value is -0.410. The zero-order valence-electron chi connectivity index (χ0n) is 8.03. The molecule has 0 radical (unpaired) electrons. The summed E-state index contributed by atoms with van der Waals surface area (Å²) in [6.45, 7) is 2.35. The third-order valence-corrected chi connectivity index (χ3v) is 2.59. The Morgan fingerprint density at radius 3 is 3.00 bits per heavy atom. The molecule has 0 saturated carbocycles. The zero-order valence-corrected chi connectivity index (χ0v) is 8.03. The molecule has 0 aliphatic carbocycles. The fourth-order valence-corrected chi connectivity index (χ4v) is 1.74. The Kier molecular flexibility index (Phi) is 3.69. The van der Waals surface area contributed by atoms with Crippen molar-refractivity contribution < 1.29 is 0 Å². The van der Waals surface area contributed by atoms with E-state index in [0.717, 1.165) is 13.0 Å². The predicted octanol–water partition coefficient (Wildman–Crippen LogP) is 0.356. The van der Waals surface area contributed by atoms with Crippen LogP contribution in [0.15, 0.2) is 4.99 Å². The number of rotatable bonds is 3. The number of nitrogens with two attached hydrogens (primary N) is 1. The first-order chi connectivity index (χ1) is 5.74. The van der Waals surface area contributed by atoms with E-state index in [1.807, 2.05) is 6.21 Å². The molecule has 3 nitrogen and oxygen atoms in total. The molecule has 0 amide bonds. The lowest BCUT2D eigenvalue weighted by atomic mass is 9.97. The molecule has 2 N–H and O–H groups in total. The molecule has 1 rings (SSSR count). The Morgan fingerprint density at radius 2 is 2.50 bits per heavy atom. The summed E-state index contributed by atoms with van der Waals surface area (Å²) in [5.74, 6) is 0.674. The van der Waals surface area contributed by atoms with Crippen LogP contribution in [0.25, 0.3) is 0 Å². The molecule has 1 fully saturated rings. The van der Waals surface area contributed by atoms with Crippen LogP contribution in [0.5, 0.6) is 0 Å².